The highest BCUT2D eigenvalue weighted by atomic mass is 32.1. The van der Waals surface area contributed by atoms with Gasteiger partial charge in [-0.2, -0.15) is 0 Å². The van der Waals surface area contributed by atoms with Crippen molar-refractivity contribution >= 4 is 33.8 Å². The molecule has 1 aromatic carbocycles. The number of hydrogen-bond donors (Lipinski definition) is 2. The molecule has 6 heteroatoms. The summed E-state index contributed by atoms with van der Waals surface area (Å²) >= 11 is 1.63. The minimum absolute atomic E-state index is 0.0336. The molecule has 0 saturated carbocycles. The molecule has 1 aliphatic rings. The van der Waals surface area contributed by atoms with Gasteiger partial charge in [0, 0.05) is 16.1 Å². The molecule has 29 heavy (non-hydrogen) atoms. The van der Waals surface area contributed by atoms with Crippen molar-refractivity contribution in [3.8, 4) is 0 Å². The number of aromatic nitrogens is 1. The van der Waals surface area contributed by atoms with E-state index in [0.29, 0.717) is 10.7 Å². The monoisotopic (exact) mass is 413 g/mol. The molecule has 0 radical (unpaired) electrons. The van der Waals surface area contributed by atoms with E-state index >= 15 is 0 Å². The third kappa shape index (κ3) is 6.96. The van der Waals surface area contributed by atoms with Crippen LogP contribution >= 0.6 is 11.3 Å². The van der Waals surface area contributed by atoms with Crippen molar-refractivity contribution in [2.75, 3.05) is 17.2 Å². The van der Waals surface area contributed by atoms with Crippen LogP contribution in [0, 0.1) is 0 Å². The van der Waals surface area contributed by atoms with Crippen molar-refractivity contribution in [2.24, 2.45) is 0 Å². The van der Waals surface area contributed by atoms with Crippen molar-refractivity contribution in [1.82, 2.24) is 4.98 Å². The van der Waals surface area contributed by atoms with Gasteiger partial charge >= 0.3 is 0 Å². The first-order chi connectivity index (χ1) is 14.1. The van der Waals surface area contributed by atoms with E-state index in [0.717, 1.165) is 18.5 Å². The van der Waals surface area contributed by atoms with Crippen LogP contribution in [-0.2, 0) is 17.6 Å². The quantitative estimate of drug-likeness (QED) is 0.625. The standard InChI is InChI=1S/C23H31N3O2S/c1-17(27)18-12-14-19(15-13-18)24-16-22(28)26-23-25-20-10-8-6-4-2-3-5-7-9-11-21(20)29-23/h12-15,24H,2-11,16H2,1H3,(H,25,26,28). The maximum absolute atomic E-state index is 12.3. The van der Waals surface area contributed by atoms with Crippen LogP contribution in [0.1, 0.15) is 79.2 Å². The third-order valence-corrected chi connectivity index (χ3v) is 6.41. The zero-order chi connectivity index (χ0) is 20.5. The van der Waals surface area contributed by atoms with Gasteiger partial charge in [0.15, 0.2) is 10.9 Å². The lowest BCUT2D eigenvalue weighted by molar-refractivity contribution is -0.114. The highest BCUT2D eigenvalue weighted by Crippen LogP contribution is 2.27. The van der Waals surface area contributed by atoms with Crippen LogP contribution in [0.3, 0.4) is 0 Å². The second kappa shape index (κ2) is 11.1. The number of hydrogen-bond acceptors (Lipinski definition) is 5. The van der Waals surface area contributed by atoms with E-state index in [1.807, 2.05) is 12.1 Å². The molecule has 0 bridgehead atoms. The average Bonchev–Trinajstić information content (AvgIpc) is 3.07. The Morgan fingerprint density at radius 1 is 0.931 bits per heavy atom. The lowest BCUT2D eigenvalue weighted by Gasteiger charge is -2.06. The molecule has 1 aliphatic carbocycles. The first kappa shape index (κ1) is 21.5. The maximum atomic E-state index is 12.3. The molecule has 1 heterocycles. The molecule has 156 valence electrons. The smallest absolute Gasteiger partial charge is 0.245 e. The summed E-state index contributed by atoms with van der Waals surface area (Å²) in [6.45, 7) is 1.71. The number of rotatable bonds is 5. The number of thiazole rings is 1. The van der Waals surface area contributed by atoms with Gasteiger partial charge in [0.1, 0.15) is 0 Å². The van der Waals surface area contributed by atoms with Gasteiger partial charge in [0.2, 0.25) is 5.91 Å². The predicted molar refractivity (Wildman–Crippen MR) is 120 cm³/mol. The molecule has 3 rings (SSSR count). The van der Waals surface area contributed by atoms with Crippen LogP contribution in [0.25, 0.3) is 0 Å². The largest absolute Gasteiger partial charge is 0.376 e. The molecular formula is C23H31N3O2S. The van der Waals surface area contributed by atoms with Crippen molar-refractivity contribution in [3.63, 3.8) is 0 Å². The number of nitrogens with one attached hydrogen (secondary N) is 2. The van der Waals surface area contributed by atoms with E-state index in [1.54, 1.807) is 30.4 Å². The fourth-order valence-corrected chi connectivity index (χ4v) is 4.70. The fourth-order valence-electron chi connectivity index (χ4n) is 3.63. The molecule has 2 N–H and O–H groups in total. The lowest BCUT2D eigenvalue weighted by atomic mass is 10.0. The van der Waals surface area contributed by atoms with Crippen molar-refractivity contribution in [1.29, 1.82) is 0 Å². The minimum Gasteiger partial charge on any atom is -0.376 e. The van der Waals surface area contributed by atoms with E-state index in [9.17, 15) is 9.59 Å². The zero-order valence-corrected chi connectivity index (χ0v) is 18.1. The number of fused-ring (bicyclic) bond motifs is 1. The second-order valence-corrected chi connectivity index (χ2v) is 8.84. The molecule has 0 fully saturated rings. The third-order valence-electron chi connectivity index (χ3n) is 5.34. The van der Waals surface area contributed by atoms with Gasteiger partial charge in [-0.3, -0.25) is 9.59 Å². The number of nitrogens with zero attached hydrogens (tertiary/aromatic N) is 1. The Kier molecular flexibility index (Phi) is 8.23. The normalized spacial score (nSPS) is 15.5. The van der Waals surface area contributed by atoms with Gasteiger partial charge in [-0.15, -0.1) is 11.3 Å². The number of amides is 1. The highest BCUT2D eigenvalue weighted by molar-refractivity contribution is 7.15. The Morgan fingerprint density at radius 2 is 1.55 bits per heavy atom. The van der Waals surface area contributed by atoms with Gasteiger partial charge < -0.3 is 10.6 Å². The van der Waals surface area contributed by atoms with Gasteiger partial charge in [-0.25, -0.2) is 4.98 Å². The van der Waals surface area contributed by atoms with E-state index in [4.69, 9.17) is 4.98 Å². The predicted octanol–water partition coefficient (Wildman–Crippen LogP) is 5.62. The molecule has 0 unspecified atom stereocenters. The first-order valence-corrected chi connectivity index (χ1v) is 11.6. The summed E-state index contributed by atoms with van der Waals surface area (Å²) in [7, 11) is 0. The minimum atomic E-state index is -0.106. The van der Waals surface area contributed by atoms with Crippen molar-refractivity contribution in [3.05, 3.63) is 40.4 Å². The summed E-state index contributed by atoms with van der Waals surface area (Å²) in [6, 6.07) is 7.16. The number of carbonyl (C=O) groups excluding carboxylic acids is 2. The fraction of sp³-hybridized carbons (Fsp3) is 0.522. The van der Waals surface area contributed by atoms with E-state index in [2.05, 4.69) is 10.6 Å². The SMILES string of the molecule is CC(=O)c1ccc(NCC(=O)Nc2nc3c(s2)CCCCCCCCCC3)cc1. The Balaban J connectivity index is 1.54. The molecule has 5 nitrogen and oxygen atoms in total. The molecule has 0 spiro atoms. The summed E-state index contributed by atoms with van der Waals surface area (Å²) in [6.07, 6.45) is 12.4. The summed E-state index contributed by atoms with van der Waals surface area (Å²) in [5.74, 6) is -0.0725. The van der Waals surface area contributed by atoms with E-state index in [1.165, 1.54) is 61.9 Å². The molecule has 1 aromatic heterocycles. The molecular weight excluding hydrogens is 382 g/mol. The summed E-state index contributed by atoms with van der Waals surface area (Å²) in [4.78, 5) is 29.8. The molecule has 0 atom stereocenters. The van der Waals surface area contributed by atoms with E-state index in [-0.39, 0.29) is 18.2 Å². The topological polar surface area (TPSA) is 71.1 Å². The van der Waals surface area contributed by atoms with E-state index < -0.39 is 0 Å². The summed E-state index contributed by atoms with van der Waals surface area (Å²) in [5.41, 5.74) is 2.66. The zero-order valence-electron chi connectivity index (χ0n) is 17.3. The Morgan fingerprint density at radius 3 is 2.21 bits per heavy atom. The molecule has 0 aliphatic heterocycles. The second-order valence-electron chi connectivity index (χ2n) is 7.75. The van der Waals surface area contributed by atoms with Crippen molar-refractivity contribution < 1.29 is 9.59 Å². The van der Waals surface area contributed by atoms with Crippen LogP contribution in [0.5, 0.6) is 0 Å². The highest BCUT2D eigenvalue weighted by Gasteiger charge is 2.13. The van der Waals surface area contributed by atoms with Gasteiger partial charge in [-0.05, 0) is 56.9 Å². The van der Waals surface area contributed by atoms with Gasteiger partial charge in [0.25, 0.3) is 0 Å². The van der Waals surface area contributed by atoms with Gasteiger partial charge in [0.05, 0.1) is 12.2 Å². The maximum Gasteiger partial charge on any atom is 0.245 e. The van der Waals surface area contributed by atoms with Crippen LogP contribution in [0.2, 0.25) is 0 Å². The van der Waals surface area contributed by atoms with Crippen LogP contribution in [0.4, 0.5) is 10.8 Å². The van der Waals surface area contributed by atoms with Crippen LogP contribution in [-0.4, -0.2) is 23.2 Å². The van der Waals surface area contributed by atoms with Crippen LogP contribution < -0.4 is 10.6 Å². The van der Waals surface area contributed by atoms with Crippen LogP contribution in [0.15, 0.2) is 24.3 Å². The molecule has 0 saturated heterocycles. The number of Topliss-reactive ketones (excluding diaryl/α,β-unsaturated/α-hetero) is 1. The molecule has 2 aromatic rings. The number of carbonyl (C=O) groups is 2. The number of anilines is 2. The van der Waals surface area contributed by atoms with Crippen molar-refractivity contribution in [2.45, 2.75) is 71.1 Å². The first-order valence-electron chi connectivity index (χ1n) is 10.7. The summed E-state index contributed by atoms with van der Waals surface area (Å²) in [5, 5.41) is 6.76. The Bertz CT molecular complexity index is 785. The lowest BCUT2D eigenvalue weighted by Crippen LogP contribution is -2.21. The average molecular weight is 414 g/mol. The number of benzene rings is 1. The number of aryl methyl sites for hydroxylation is 2. The number of ketones is 1. The summed E-state index contributed by atoms with van der Waals surface area (Å²) < 4.78 is 0. The Labute approximate surface area is 177 Å². The van der Waals surface area contributed by atoms with Gasteiger partial charge in [-0.1, -0.05) is 38.5 Å². The Hall–Kier alpha value is -2.21. The molecule has 1 amide bonds.